The molecule has 0 fully saturated rings. The van der Waals surface area contributed by atoms with Gasteiger partial charge in [0.15, 0.2) is 0 Å². The quantitative estimate of drug-likeness (QED) is 0.436. The summed E-state index contributed by atoms with van der Waals surface area (Å²) in [5, 5.41) is 5.33. The van der Waals surface area contributed by atoms with Gasteiger partial charge in [-0.1, -0.05) is 0 Å². The zero-order chi connectivity index (χ0) is 10.3. The molecule has 0 aliphatic carbocycles. The second-order valence-electron chi connectivity index (χ2n) is 3.68. The summed E-state index contributed by atoms with van der Waals surface area (Å²) in [5.74, 6) is 0. The van der Waals surface area contributed by atoms with Crippen molar-refractivity contribution in [3.8, 4) is 0 Å². The number of benzene rings is 3. The van der Waals surface area contributed by atoms with E-state index in [1.807, 2.05) is 0 Å². The van der Waals surface area contributed by atoms with Crippen molar-refractivity contribution < 1.29 is 19.8 Å². The molecule has 0 aliphatic heterocycles. The van der Waals surface area contributed by atoms with Crippen LogP contribution in [0.2, 0.25) is 0 Å². The van der Waals surface area contributed by atoms with Crippen molar-refractivity contribution in [1.82, 2.24) is 0 Å². The molecular formula is C14H9Mo. The van der Waals surface area contributed by atoms with Crippen LogP contribution in [-0.4, -0.2) is 0 Å². The Balaban J connectivity index is 2.53. The van der Waals surface area contributed by atoms with E-state index in [2.05, 4.69) is 74.4 Å². The maximum absolute atomic E-state index is 2.28. The van der Waals surface area contributed by atoms with Gasteiger partial charge in [-0.3, -0.25) is 0 Å². The van der Waals surface area contributed by atoms with Gasteiger partial charge in [0.2, 0.25) is 0 Å². The molecule has 0 aromatic heterocycles. The van der Waals surface area contributed by atoms with Crippen LogP contribution in [0.1, 0.15) is 0 Å². The Labute approximate surface area is 99.8 Å². The van der Waals surface area contributed by atoms with Crippen LogP contribution in [0.15, 0.2) is 54.6 Å². The molecule has 0 atom stereocenters. The Hall–Kier alpha value is -1.13. The van der Waals surface area contributed by atoms with Crippen LogP contribution in [-0.2, 0) is 19.8 Å². The van der Waals surface area contributed by atoms with Gasteiger partial charge in [-0.2, -0.15) is 0 Å². The Morgan fingerprint density at radius 3 is 2.13 bits per heavy atom. The molecule has 0 spiro atoms. The molecule has 1 heteroatoms. The second-order valence-corrected chi connectivity index (χ2v) is 4.76. The van der Waals surface area contributed by atoms with Crippen molar-refractivity contribution in [2.45, 2.75) is 0 Å². The van der Waals surface area contributed by atoms with Gasteiger partial charge in [-0.05, 0) is 0 Å². The second kappa shape index (κ2) is 3.47. The average Bonchev–Trinajstić information content (AvgIpc) is 2.27. The third-order valence-corrected chi connectivity index (χ3v) is 3.58. The van der Waals surface area contributed by atoms with Crippen LogP contribution >= 0.6 is 0 Å². The third kappa shape index (κ3) is 1.50. The SMILES string of the molecule is [Mo][c]1cccc2cc3ccccc3cc12. The zero-order valence-corrected chi connectivity index (χ0v) is 10.1. The predicted molar refractivity (Wildman–Crippen MR) is 61.1 cm³/mol. The first-order valence-corrected chi connectivity index (χ1v) is 5.93. The molecule has 0 amide bonds. The molecule has 15 heavy (non-hydrogen) atoms. The number of hydrogen-bond acceptors (Lipinski definition) is 0. The van der Waals surface area contributed by atoms with Gasteiger partial charge in [0.25, 0.3) is 0 Å². The molecule has 0 saturated heterocycles. The first-order valence-electron chi connectivity index (χ1n) is 4.93. The first-order chi connectivity index (χ1) is 7.34. The average molecular weight is 273 g/mol. The van der Waals surface area contributed by atoms with E-state index in [4.69, 9.17) is 0 Å². The minimum atomic E-state index is 1.32. The summed E-state index contributed by atoms with van der Waals surface area (Å²) in [7, 11) is 0. The van der Waals surface area contributed by atoms with E-state index in [1.54, 1.807) is 0 Å². The molecule has 0 saturated carbocycles. The normalized spacial score (nSPS) is 10.9. The predicted octanol–water partition coefficient (Wildman–Crippen LogP) is 3.17. The van der Waals surface area contributed by atoms with Gasteiger partial charge >= 0.3 is 99.9 Å². The van der Waals surface area contributed by atoms with Crippen LogP contribution in [0.25, 0.3) is 21.5 Å². The van der Waals surface area contributed by atoms with Crippen LogP contribution in [0.5, 0.6) is 0 Å². The molecule has 3 aromatic rings. The van der Waals surface area contributed by atoms with Crippen molar-refractivity contribution in [2.24, 2.45) is 0 Å². The number of rotatable bonds is 0. The molecule has 0 nitrogen and oxygen atoms in total. The van der Waals surface area contributed by atoms with E-state index in [1.165, 1.54) is 25.5 Å². The Morgan fingerprint density at radius 2 is 1.33 bits per heavy atom. The Morgan fingerprint density at radius 1 is 0.667 bits per heavy atom. The molecule has 0 N–H and O–H groups in total. The van der Waals surface area contributed by atoms with Crippen molar-refractivity contribution in [3.63, 3.8) is 0 Å². The summed E-state index contributed by atoms with van der Waals surface area (Å²) in [6, 6.07) is 19.5. The molecule has 71 valence electrons. The fourth-order valence-corrected chi connectivity index (χ4v) is 2.57. The van der Waals surface area contributed by atoms with Crippen molar-refractivity contribution in [3.05, 3.63) is 54.6 Å². The molecule has 0 heterocycles. The molecular weight excluding hydrogens is 264 g/mol. The van der Waals surface area contributed by atoms with Crippen LogP contribution in [0.4, 0.5) is 0 Å². The number of hydrogen-bond donors (Lipinski definition) is 0. The van der Waals surface area contributed by atoms with Gasteiger partial charge in [-0.15, -0.1) is 0 Å². The summed E-state index contributed by atoms with van der Waals surface area (Å²) in [5.41, 5.74) is 0. The Bertz CT molecular complexity index is 641. The standard InChI is InChI=1S/C14H9.Mo/c1-2-6-12-10-14-8-4-3-7-13(14)9-11(12)5-1;/h1-7,9-10H;. The molecule has 0 radical (unpaired) electrons. The molecule has 3 aromatic carbocycles. The van der Waals surface area contributed by atoms with E-state index in [-0.39, 0.29) is 0 Å². The fourth-order valence-electron chi connectivity index (χ4n) is 1.94. The Kier molecular flexibility index (Phi) is 2.11. The third-order valence-electron chi connectivity index (χ3n) is 2.71. The number of fused-ring (bicyclic) bond motifs is 2. The molecule has 0 bridgehead atoms. The summed E-state index contributed by atoms with van der Waals surface area (Å²) in [6.45, 7) is 0. The van der Waals surface area contributed by atoms with Crippen molar-refractivity contribution in [1.29, 1.82) is 0 Å². The van der Waals surface area contributed by atoms with E-state index in [9.17, 15) is 0 Å². The van der Waals surface area contributed by atoms with Gasteiger partial charge < -0.3 is 0 Å². The van der Waals surface area contributed by atoms with E-state index < -0.39 is 0 Å². The summed E-state index contributed by atoms with van der Waals surface area (Å²) in [6.07, 6.45) is 0. The van der Waals surface area contributed by atoms with Gasteiger partial charge in [0.05, 0.1) is 0 Å². The summed E-state index contributed by atoms with van der Waals surface area (Å²) >= 11 is 2.09. The molecule has 0 unspecified atom stereocenters. The first kappa shape index (κ1) is 9.12. The van der Waals surface area contributed by atoms with Gasteiger partial charge in [-0.25, -0.2) is 0 Å². The monoisotopic (exact) mass is 275 g/mol. The minimum absolute atomic E-state index is 1.32. The fraction of sp³-hybridized carbons (Fsp3) is 0. The van der Waals surface area contributed by atoms with E-state index >= 15 is 0 Å². The van der Waals surface area contributed by atoms with Crippen molar-refractivity contribution >= 4 is 25.5 Å². The van der Waals surface area contributed by atoms with E-state index in [0.29, 0.717) is 0 Å². The maximum atomic E-state index is 2.28. The van der Waals surface area contributed by atoms with Crippen LogP contribution in [0, 0.1) is 0 Å². The summed E-state index contributed by atoms with van der Waals surface area (Å²) < 4.78 is 1.36. The van der Waals surface area contributed by atoms with Crippen molar-refractivity contribution in [2.75, 3.05) is 0 Å². The zero-order valence-electron chi connectivity index (χ0n) is 8.10. The van der Waals surface area contributed by atoms with Crippen LogP contribution < -0.4 is 3.95 Å². The van der Waals surface area contributed by atoms with Gasteiger partial charge in [0.1, 0.15) is 0 Å². The van der Waals surface area contributed by atoms with Gasteiger partial charge in [0, 0.05) is 0 Å². The summed E-state index contributed by atoms with van der Waals surface area (Å²) in [4.78, 5) is 0. The van der Waals surface area contributed by atoms with Crippen LogP contribution in [0.3, 0.4) is 0 Å². The van der Waals surface area contributed by atoms with E-state index in [0.717, 1.165) is 0 Å². The molecule has 3 rings (SSSR count). The molecule has 0 aliphatic rings. The topological polar surface area (TPSA) is 0 Å².